The molecule has 1 aliphatic carbocycles. The first-order valence-electron chi connectivity index (χ1n) is 6.56. The molecule has 1 aromatic carbocycles. The molecule has 0 bridgehead atoms. The summed E-state index contributed by atoms with van der Waals surface area (Å²) in [5, 5.41) is 0. The van der Waals surface area contributed by atoms with Gasteiger partial charge in [-0.2, -0.15) is 0 Å². The van der Waals surface area contributed by atoms with Gasteiger partial charge in [-0.05, 0) is 55.4 Å². The molecule has 0 amide bonds. The van der Waals surface area contributed by atoms with Crippen molar-refractivity contribution < 1.29 is 9.53 Å². The second-order valence-electron chi connectivity index (χ2n) is 4.70. The SMILES string of the molecule is COc1ccc(C(=O)CCCCl)c2c1CCCC2. The van der Waals surface area contributed by atoms with Crippen LogP contribution in [0, 0.1) is 0 Å². The first-order valence-corrected chi connectivity index (χ1v) is 7.09. The molecule has 2 nitrogen and oxygen atoms in total. The van der Waals surface area contributed by atoms with Crippen molar-refractivity contribution in [3.63, 3.8) is 0 Å². The van der Waals surface area contributed by atoms with Crippen molar-refractivity contribution >= 4 is 17.4 Å². The number of alkyl halides is 1. The number of ketones is 1. The zero-order valence-corrected chi connectivity index (χ0v) is 11.6. The van der Waals surface area contributed by atoms with E-state index in [2.05, 4.69) is 0 Å². The van der Waals surface area contributed by atoms with Gasteiger partial charge in [0.05, 0.1) is 7.11 Å². The first kappa shape index (κ1) is 13.4. The molecule has 0 spiro atoms. The largest absolute Gasteiger partial charge is 0.496 e. The Morgan fingerprint density at radius 1 is 1.28 bits per heavy atom. The molecule has 0 saturated carbocycles. The molecule has 0 atom stereocenters. The maximum atomic E-state index is 12.2. The number of rotatable bonds is 5. The minimum atomic E-state index is 0.219. The van der Waals surface area contributed by atoms with Gasteiger partial charge in [-0.1, -0.05) is 0 Å². The van der Waals surface area contributed by atoms with Crippen LogP contribution in [0.4, 0.5) is 0 Å². The average Bonchev–Trinajstić information content (AvgIpc) is 2.43. The molecule has 18 heavy (non-hydrogen) atoms. The molecule has 3 heteroatoms. The summed E-state index contributed by atoms with van der Waals surface area (Å²) in [7, 11) is 1.69. The van der Waals surface area contributed by atoms with Crippen molar-refractivity contribution in [2.45, 2.75) is 38.5 Å². The molecule has 0 saturated heterocycles. The van der Waals surface area contributed by atoms with Crippen molar-refractivity contribution in [1.82, 2.24) is 0 Å². The van der Waals surface area contributed by atoms with Crippen LogP contribution < -0.4 is 4.74 Å². The molecule has 1 aliphatic rings. The Hall–Kier alpha value is -1.02. The first-order chi connectivity index (χ1) is 8.77. The van der Waals surface area contributed by atoms with Crippen LogP contribution in [-0.4, -0.2) is 18.8 Å². The molecule has 0 heterocycles. The van der Waals surface area contributed by atoms with Gasteiger partial charge in [0.2, 0.25) is 0 Å². The van der Waals surface area contributed by atoms with Crippen LogP contribution >= 0.6 is 11.6 Å². The molecular formula is C15H19ClO2. The maximum Gasteiger partial charge on any atom is 0.163 e. The highest BCUT2D eigenvalue weighted by Gasteiger charge is 2.20. The molecule has 0 radical (unpaired) electrons. The molecule has 0 N–H and O–H groups in total. The highest BCUT2D eigenvalue weighted by Crippen LogP contribution is 2.32. The van der Waals surface area contributed by atoms with Crippen LogP contribution in [0.5, 0.6) is 5.75 Å². The monoisotopic (exact) mass is 266 g/mol. The third kappa shape index (κ3) is 2.69. The number of fused-ring (bicyclic) bond motifs is 1. The molecule has 0 fully saturated rings. The van der Waals surface area contributed by atoms with Crippen LogP contribution in [0.3, 0.4) is 0 Å². The Kier molecular flexibility index (Phi) is 4.65. The van der Waals surface area contributed by atoms with Crippen molar-refractivity contribution in [3.05, 3.63) is 28.8 Å². The molecule has 0 aliphatic heterocycles. The van der Waals surface area contributed by atoms with Crippen LogP contribution in [0.2, 0.25) is 0 Å². The van der Waals surface area contributed by atoms with Gasteiger partial charge >= 0.3 is 0 Å². The highest BCUT2D eigenvalue weighted by atomic mass is 35.5. The Bertz CT molecular complexity index is 440. The summed E-state index contributed by atoms with van der Waals surface area (Å²) in [5.74, 6) is 1.69. The number of hydrogen-bond acceptors (Lipinski definition) is 2. The van der Waals surface area contributed by atoms with E-state index in [1.807, 2.05) is 12.1 Å². The lowest BCUT2D eigenvalue weighted by Crippen LogP contribution is -2.12. The topological polar surface area (TPSA) is 26.3 Å². The number of halogens is 1. The number of carbonyl (C=O) groups is 1. The van der Waals surface area contributed by atoms with E-state index in [-0.39, 0.29) is 5.78 Å². The fraction of sp³-hybridized carbons (Fsp3) is 0.533. The summed E-state index contributed by atoms with van der Waals surface area (Å²) < 4.78 is 5.40. The van der Waals surface area contributed by atoms with Crippen LogP contribution in [0.1, 0.15) is 47.2 Å². The predicted molar refractivity (Wildman–Crippen MR) is 73.9 cm³/mol. The van der Waals surface area contributed by atoms with Gasteiger partial charge in [-0.3, -0.25) is 4.79 Å². The number of carbonyl (C=O) groups excluding carboxylic acids is 1. The van der Waals surface area contributed by atoms with E-state index in [1.54, 1.807) is 7.11 Å². The van der Waals surface area contributed by atoms with Gasteiger partial charge in [-0.25, -0.2) is 0 Å². The standard InChI is InChI=1S/C15H19ClO2/c1-18-15-9-8-12(14(17)7-4-10-16)11-5-2-3-6-13(11)15/h8-9H,2-7,10H2,1H3. The fourth-order valence-corrected chi connectivity index (χ4v) is 2.78. The Morgan fingerprint density at radius 2 is 2.00 bits per heavy atom. The van der Waals surface area contributed by atoms with E-state index in [9.17, 15) is 4.79 Å². The van der Waals surface area contributed by atoms with Crippen molar-refractivity contribution in [3.8, 4) is 5.75 Å². The zero-order chi connectivity index (χ0) is 13.0. The van der Waals surface area contributed by atoms with Crippen molar-refractivity contribution in [1.29, 1.82) is 0 Å². The van der Waals surface area contributed by atoms with E-state index in [4.69, 9.17) is 16.3 Å². The van der Waals surface area contributed by atoms with Gasteiger partial charge in [0.1, 0.15) is 5.75 Å². The van der Waals surface area contributed by atoms with Crippen LogP contribution in [0.25, 0.3) is 0 Å². The van der Waals surface area contributed by atoms with Gasteiger partial charge < -0.3 is 4.74 Å². The van der Waals surface area contributed by atoms with Crippen LogP contribution in [-0.2, 0) is 12.8 Å². The van der Waals surface area contributed by atoms with Gasteiger partial charge in [-0.15, -0.1) is 11.6 Å². The maximum absolute atomic E-state index is 12.2. The number of hydrogen-bond donors (Lipinski definition) is 0. The molecule has 0 unspecified atom stereocenters. The molecular weight excluding hydrogens is 248 g/mol. The average molecular weight is 267 g/mol. The summed E-state index contributed by atoms with van der Waals surface area (Å²) >= 11 is 5.65. The minimum absolute atomic E-state index is 0.219. The summed E-state index contributed by atoms with van der Waals surface area (Å²) in [6, 6.07) is 3.84. The highest BCUT2D eigenvalue weighted by molar-refractivity contribution is 6.18. The summed E-state index contributed by atoms with van der Waals surface area (Å²) in [6.07, 6.45) is 5.66. The Morgan fingerprint density at radius 3 is 2.67 bits per heavy atom. The van der Waals surface area contributed by atoms with Crippen molar-refractivity contribution in [2.24, 2.45) is 0 Å². The summed E-state index contributed by atoms with van der Waals surface area (Å²) in [6.45, 7) is 0. The van der Waals surface area contributed by atoms with E-state index >= 15 is 0 Å². The zero-order valence-electron chi connectivity index (χ0n) is 10.8. The number of methoxy groups -OCH3 is 1. The van der Waals surface area contributed by atoms with E-state index in [1.165, 1.54) is 17.5 Å². The van der Waals surface area contributed by atoms with Gasteiger partial charge in [0, 0.05) is 17.9 Å². The van der Waals surface area contributed by atoms with E-state index < -0.39 is 0 Å². The Labute approximate surface area is 113 Å². The third-order valence-corrected chi connectivity index (χ3v) is 3.82. The second-order valence-corrected chi connectivity index (χ2v) is 5.07. The number of Topliss-reactive ketones (excluding diaryl/α,β-unsaturated/α-hetero) is 1. The fourth-order valence-electron chi connectivity index (χ4n) is 2.65. The predicted octanol–water partition coefficient (Wildman–Crippen LogP) is 3.78. The molecule has 2 rings (SSSR count). The number of benzene rings is 1. The molecule has 0 aromatic heterocycles. The Balaban J connectivity index is 2.33. The lowest BCUT2D eigenvalue weighted by molar-refractivity contribution is 0.0980. The van der Waals surface area contributed by atoms with E-state index in [0.717, 1.165) is 37.0 Å². The smallest absolute Gasteiger partial charge is 0.163 e. The third-order valence-electron chi connectivity index (χ3n) is 3.55. The molecule has 98 valence electrons. The minimum Gasteiger partial charge on any atom is -0.496 e. The normalized spacial score (nSPS) is 14.1. The lowest BCUT2D eigenvalue weighted by Gasteiger charge is -2.21. The lowest BCUT2D eigenvalue weighted by atomic mass is 9.85. The number of ether oxygens (including phenoxy) is 1. The van der Waals surface area contributed by atoms with Gasteiger partial charge in [0.25, 0.3) is 0 Å². The second kappa shape index (κ2) is 6.24. The van der Waals surface area contributed by atoms with Crippen molar-refractivity contribution in [2.75, 3.05) is 13.0 Å². The van der Waals surface area contributed by atoms with Gasteiger partial charge in [0.15, 0.2) is 5.78 Å². The summed E-state index contributed by atoms with van der Waals surface area (Å²) in [4.78, 5) is 12.2. The quantitative estimate of drug-likeness (QED) is 0.599. The summed E-state index contributed by atoms with van der Waals surface area (Å²) in [5.41, 5.74) is 3.33. The molecule has 1 aromatic rings. The van der Waals surface area contributed by atoms with E-state index in [0.29, 0.717) is 12.3 Å². The van der Waals surface area contributed by atoms with Crippen LogP contribution in [0.15, 0.2) is 12.1 Å².